The van der Waals surface area contributed by atoms with Gasteiger partial charge >= 0.3 is 0 Å². The van der Waals surface area contributed by atoms with Gasteiger partial charge in [-0.25, -0.2) is 0 Å². The van der Waals surface area contributed by atoms with Gasteiger partial charge in [0.05, 0.1) is 18.3 Å². The summed E-state index contributed by atoms with van der Waals surface area (Å²) in [6.07, 6.45) is 5.16. The highest BCUT2D eigenvalue weighted by Gasteiger charge is 2.41. The third-order valence-corrected chi connectivity index (χ3v) is 4.45. The number of hydrogen-bond donors (Lipinski definition) is 1. The molecule has 0 aliphatic carbocycles. The van der Waals surface area contributed by atoms with Gasteiger partial charge in [-0.15, -0.1) is 0 Å². The Morgan fingerprint density at radius 1 is 1.26 bits per heavy atom. The summed E-state index contributed by atoms with van der Waals surface area (Å²) in [5.41, 5.74) is 0.386. The molecular weight excluding hydrogens is 238 g/mol. The van der Waals surface area contributed by atoms with E-state index in [1.807, 2.05) is 0 Å². The molecule has 0 spiro atoms. The molecule has 0 amide bonds. The molecular formula is C16H31NO2. The van der Waals surface area contributed by atoms with Crippen molar-refractivity contribution in [3.63, 3.8) is 0 Å². The highest BCUT2D eigenvalue weighted by atomic mass is 16.5. The lowest BCUT2D eigenvalue weighted by Gasteiger charge is -2.31. The Morgan fingerprint density at radius 3 is 2.58 bits per heavy atom. The van der Waals surface area contributed by atoms with Gasteiger partial charge in [0.1, 0.15) is 0 Å². The van der Waals surface area contributed by atoms with Crippen molar-refractivity contribution < 1.29 is 9.47 Å². The van der Waals surface area contributed by atoms with E-state index in [0.29, 0.717) is 17.4 Å². The second-order valence-corrected chi connectivity index (χ2v) is 7.57. The first-order valence-electron chi connectivity index (χ1n) is 7.87. The molecule has 2 unspecified atom stereocenters. The largest absolute Gasteiger partial charge is 0.381 e. The van der Waals surface area contributed by atoms with E-state index in [1.165, 1.54) is 19.3 Å². The maximum atomic E-state index is 6.18. The predicted molar refractivity (Wildman–Crippen MR) is 78.4 cm³/mol. The molecule has 0 saturated carbocycles. The van der Waals surface area contributed by atoms with Crippen molar-refractivity contribution in [2.75, 3.05) is 26.3 Å². The molecule has 0 aromatic heterocycles. The highest BCUT2D eigenvalue weighted by Crippen LogP contribution is 2.40. The second-order valence-electron chi connectivity index (χ2n) is 7.57. The lowest BCUT2D eigenvalue weighted by Crippen LogP contribution is -2.39. The Morgan fingerprint density at radius 2 is 2.05 bits per heavy atom. The molecule has 2 fully saturated rings. The van der Waals surface area contributed by atoms with E-state index in [0.717, 1.165) is 32.7 Å². The summed E-state index contributed by atoms with van der Waals surface area (Å²) in [5, 5.41) is 3.63. The highest BCUT2D eigenvalue weighted by molar-refractivity contribution is 4.91. The first-order valence-corrected chi connectivity index (χ1v) is 7.87. The van der Waals surface area contributed by atoms with Crippen molar-refractivity contribution >= 4 is 0 Å². The van der Waals surface area contributed by atoms with Gasteiger partial charge < -0.3 is 14.8 Å². The third-order valence-electron chi connectivity index (χ3n) is 4.45. The quantitative estimate of drug-likeness (QED) is 0.804. The SMILES string of the molecule is CC(C)CNCC1(CC2CCC(C)(C)O2)CCOC1. The van der Waals surface area contributed by atoms with Crippen LogP contribution in [0.3, 0.4) is 0 Å². The molecule has 2 atom stereocenters. The van der Waals surface area contributed by atoms with Crippen LogP contribution in [-0.4, -0.2) is 38.0 Å². The minimum absolute atomic E-state index is 0.0800. The molecule has 0 aromatic carbocycles. The van der Waals surface area contributed by atoms with Gasteiger partial charge in [0, 0.05) is 18.6 Å². The van der Waals surface area contributed by atoms with E-state index < -0.39 is 0 Å². The molecule has 2 aliphatic rings. The first kappa shape index (κ1) is 15.3. The molecule has 2 heterocycles. The zero-order valence-corrected chi connectivity index (χ0v) is 13.1. The molecule has 3 nitrogen and oxygen atoms in total. The summed E-state index contributed by atoms with van der Waals surface area (Å²) < 4.78 is 11.9. The fourth-order valence-electron chi connectivity index (χ4n) is 3.35. The Labute approximate surface area is 118 Å². The summed E-state index contributed by atoms with van der Waals surface area (Å²) >= 11 is 0. The van der Waals surface area contributed by atoms with E-state index in [9.17, 15) is 0 Å². The molecule has 112 valence electrons. The molecule has 19 heavy (non-hydrogen) atoms. The molecule has 2 saturated heterocycles. The molecule has 2 rings (SSSR count). The van der Waals surface area contributed by atoms with Gasteiger partial charge in [-0.05, 0) is 52.0 Å². The zero-order chi connectivity index (χ0) is 13.9. The van der Waals surface area contributed by atoms with Gasteiger partial charge in [0.2, 0.25) is 0 Å². The lowest BCUT2D eigenvalue weighted by atomic mass is 9.80. The van der Waals surface area contributed by atoms with E-state index in [-0.39, 0.29) is 5.60 Å². The summed E-state index contributed by atoms with van der Waals surface area (Å²) in [6, 6.07) is 0. The van der Waals surface area contributed by atoms with Crippen LogP contribution in [0.4, 0.5) is 0 Å². The molecule has 0 aromatic rings. The topological polar surface area (TPSA) is 30.5 Å². The minimum Gasteiger partial charge on any atom is -0.381 e. The second kappa shape index (κ2) is 6.11. The number of hydrogen-bond acceptors (Lipinski definition) is 3. The zero-order valence-electron chi connectivity index (χ0n) is 13.1. The van der Waals surface area contributed by atoms with E-state index in [2.05, 4.69) is 33.0 Å². The maximum absolute atomic E-state index is 6.18. The molecule has 3 heteroatoms. The van der Waals surface area contributed by atoms with E-state index in [1.54, 1.807) is 0 Å². The average molecular weight is 269 g/mol. The third kappa shape index (κ3) is 4.44. The minimum atomic E-state index is 0.0800. The normalized spacial score (nSPS) is 34.3. The smallest absolute Gasteiger partial charge is 0.0631 e. The molecule has 0 radical (unpaired) electrons. The van der Waals surface area contributed by atoms with E-state index >= 15 is 0 Å². The van der Waals surface area contributed by atoms with Gasteiger partial charge in [-0.2, -0.15) is 0 Å². The summed E-state index contributed by atoms with van der Waals surface area (Å²) in [4.78, 5) is 0. The fraction of sp³-hybridized carbons (Fsp3) is 1.00. The van der Waals surface area contributed by atoms with Crippen molar-refractivity contribution in [1.82, 2.24) is 5.32 Å². The Balaban J connectivity index is 1.85. The van der Waals surface area contributed by atoms with Crippen LogP contribution < -0.4 is 5.32 Å². The molecule has 2 aliphatic heterocycles. The average Bonchev–Trinajstić information content (AvgIpc) is 2.86. The van der Waals surface area contributed by atoms with Crippen molar-refractivity contribution in [3.05, 3.63) is 0 Å². The van der Waals surface area contributed by atoms with Crippen LogP contribution in [0.25, 0.3) is 0 Å². The Kier molecular flexibility index (Phi) is 4.91. The van der Waals surface area contributed by atoms with Gasteiger partial charge in [-0.3, -0.25) is 0 Å². The van der Waals surface area contributed by atoms with Crippen LogP contribution in [0.1, 0.15) is 53.4 Å². The van der Waals surface area contributed by atoms with Crippen molar-refractivity contribution in [1.29, 1.82) is 0 Å². The standard InChI is InChI=1S/C16H31NO2/c1-13(2)10-17-11-16(7-8-18-12-16)9-14-5-6-15(3,4)19-14/h13-14,17H,5-12H2,1-4H3. The molecule has 1 N–H and O–H groups in total. The van der Waals surface area contributed by atoms with Crippen LogP contribution in [0.2, 0.25) is 0 Å². The van der Waals surface area contributed by atoms with Crippen LogP contribution in [-0.2, 0) is 9.47 Å². The summed E-state index contributed by atoms with van der Waals surface area (Å²) in [5.74, 6) is 0.709. The van der Waals surface area contributed by atoms with Crippen LogP contribution in [0, 0.1) is 11.3 Å². The monoisotopic (exact) mass is 269 g/mol. The number of ether oxygens (including phenoxy) is 2. The van der Waals surface area contributed by atoms with Gasteiger partial charge in [-0.1, -0.05) is 13.8 Å². The Hall–Kier alpha value is -0.120. The number of nitrogens with one attached hydrogen (secondary N) is 1. The van der Waals surface area contributed by atoms with Crippen LogP contribution >= 0.6 is 0 Å². The summed E-state index contributed by atoms with van der Waals surface area (Å²) in [7, 11) is 0. The number of rotatable bonds is 6. The van der Waals surface area contributed by atoms with Gasteiger partial charge in [0.15, 0.2) is 0 Å². The Bertz CT molecular complexity index is 282. The van der Waals surface area contributed by atoms with Crippen molar-refractivity contribution in [2.45, 2.75) is 65.1 Å². The van der Waals surface area contributed by atoms with Crippen LogP contribution in [0.15, 0.2) is 0 Å². The first-order chi connectivity index (χ1) is 8.91. The van der Waals surface area contributed by atoms with Gasteiger partial charge in [0.25, 0.3) is 0 Å². The lowest BCUT2D eigenvalue weighted by molar-refractivity contribution is -0.0368. The molecule has 0 bridgehead atoms. The van der Waals surface area contributed by atoms with Crippen molar-refractivity contribution in [2.24, 2.45) is 11.3 Å². The summed E-state index contributed by atoms with van der Waals surface area (Å²) in [6.45, 7) is 12.9. The van der Waals surface area contributed by atoms with Crippen LogP contribution in [0.5, 0.6) is 0 Å². The van der Waals surface area contributed by atoms with Crippen molar-refractivity contribution in [3.8, 4) is 0 Å². The fourth-order valence-corrected chi connectivity index (χ4v) is 3.35. The predicted octanol–water partition coefficient (Wildman–Crippen LogP) is 2.99. The van der Waals surface area contributed by atoms with E-state index in [4.69, 9.17) is 9.47 Å². The maximum Gasteiger partial charge on any atom is 0.0631 e.